The van der Waals surface area contributed by atoms with Gasteiger partial charge in [0.2, 0.25) is 0 Å². The molecule has 4 fully saturated rings. The summed E-state index contributed by atoms with van der Waals surface area (Å²) in [7, 11) is 0. The molecule has 0 N–H and O–H groups in total. The maximum atomic E-state index is 3.82. The van der Waals surface area contributed by atoms with Crippen LogP contribution in [0.2, 0.25) is 0 Å². The van der Waals surface area contributed by atoms with Crippen molar-refractivity contribution in [3.05, 3.63) is 10.6 Å². The fourth-order valence-electron chi connectivity index (χ4n) is 6.20. The van der Waals surface area contributed by atoms with E-state index in [0.29, 0.717) is 0 Å². The third kappa shape index (κ3) is 0.468. The molecule has 6 aliphatic rings. The van der Waals surface area contributed by atoms with Crippen molar-refractivity contribution in [1.29, 1.82) is 0 Å². The Morgan fingerprint density at radius 3 is 2.69 bits per heavy atom. The second-order valence-corrected chi connectivity index (χ2v) is 6.85. The number of allylic oxidation sites excluding steroid dienone is 2. The molecule has 0 aromatic heterocycles. The molecule has 0 heterocycles. The van der Waals surface area contributed by atoms with E-state index in [1.807, 2.05) is 0 Å². The summed E-state index contributed by atoms with van der Waals surface area (Å²) in [5, 5.41) is 0. The van der Waals surface area contributed by atoms with Crippen LogP contribution in [0.1, 0.15) is 12.8 Å². The molecule has 6 rings (SSSR count). The van der Waals surface area contributed by atoms with Crippen molar-refractivity contribution in [2.75, 3.05) is 0 Å². The van der Waals surface area contributed by atoms with Crippen LogP contribution in [-0.2, 0) is 0 Å². The smallest absolute Gasteiger partial charge is 0.00334 e. The summed E-state index contributed by atoms with van der Waals surface area (Å²) < 4.78 is 1.60. The van der Waals surface area contributed by atoms with Gasteiger partial charge in [-0.25, -0.2) is 0 Å². The highest BCUT2D eigenvalue weighted by atomic mass is 79.9. The number of halogens is 1. The summed E-state index contributed by atoms with van der Waals surface area (Å²) >= 11 is 3.82. The highest BCUT2D eigenvalue weighted by Crippen LogP contribution is 2.79. The molecule has 8 unspecified atom stereocenters. The number of hydrogen-bond donors (Lipinski definition) is 0. The van der Waals surface area contributed by atoms with E-state index in [2.05, 4.69) is 22.0 Å². The molecule has 4 saturated carbocycles. The minimum absolute atomic E-state index is 0.990. The lowest BCUT2D eigenvalue weighted by molar-refractivity contribution is 0.0419. The van der Waals surface area contributed by atoms with Crippen molar-refractivity contribution in [3.63, 3.8) is 0 Å². The summed E-state index contributed by atoms with van der Waals surface area (Å²) in [6.07, 6.45) is 5.80. The fraction of sp³-hybridized carbons (Fsp3) is 0.833. The summed E-state index contributed by atoms with van der Waals surface area (Å²) in [6.45, 7) is 0. The van der Waals surface area contributed by atoms with Crippen molar-refractivity contribution < 1.29 is 0 Å². The van der Waals surface area contributed by atoms with E-state index in [9.17, 15) is 0 Å². The predicted octanol–water partition coefficient (Wildman–Crippen LogP) is 3.04. The Kier molecular flexibility index (Phi) is 0.863. The molecule has 0 nitrogen and oxygen atoms in total. The standard InChI is InChI=1S/C12H13Br/c13-9-3-7-5-1-4-6-2-8(10(4)7)12(9)11(5)6/h3-8,10-12H,1-2H2. The van der Waals surface area contributed by atoms with Crippen molar-refractivity contribution >= 4 is 15.9 Å². The lowest BCUT2D eigenvalue weighted by Crippen LogP contribution is -2.45. The maximum absolute atomic E-state index is 3.82. The van der Waals surface area contributed by atoms with Crippen LogP contribution in [0.15, 0.2) is 10.6 Å². The van der Waals surface area contributed by atoms with E-state index in [4.69, 9.17) is 0 Å². The van der Waals surface area contributed by atoms with Gasteiger partial charge in [-0.3, -0.25) is 0 Å². The van der Waals surface area contributed by atoms with Gasteiger partial charge in [-0.2, -0.15) is 0 Å². The van der Waals surface area contributed by atoms with Gasteiger partial charge in [0, 0.05) is 0 Å². The Balaban J connectivity index is 1.88. The van der Waals surface area contributed by atoms with Crippen LogP contribution >= 0.6 is 15.9 Å². The van der Waals surface area contributed by atoms with E-state index in [1.165, 1.54) is 11.8 Å². The molecule has 13 heavy (non-hydrogen) atoms. The average Bonchev–Trinajstić information content (AvgIpc) is 2.67. The molecule has 0 aliphatic heterocycles. The van der Waals surface area contributed by atoms with Crippen molar-refractivity contribution in [1.82, 2.24) is 0 Å². The zero-order valence-corrected chi connectivity index (χ0v) is 9.07. The first-order valence-electron chi connectivity index (χ1n) is 5.73. The summed E-state index contributed by atoms with van der Waals surface area (Å²) in [4.78, 5) is 0. The normalized spacial score (nSPS) is 74.4. The second kappa shape index (κ2) is 1.68. The van der Waals surface area contributed by atoms with E-state index in [1.54, 1.807) is 17.3 Å². The predicted molar refractivity (Wildman–Crippen MR) is 54.2 cm³/mol. The van der Waals surface area contributed by atoms with E-state index < -0.39 is 0 Å². The molecule has 0 saturated heterocycles. The Morgan fingerprint density at radius 1 is 1.00 bits per heavy atom. The zero-order chi connectivity index (χ0) is 8.32. The van der Waals surface area contributed by atoms with E-state index >= 15 is 0 Å². The Morgan fingerprint density at radius 2 is 1.77 bits per heavy atom. The third-order valence-electron chi connectivity index (χ3n) is 6.10. The van der Waals surface area contributed by atoms with Crippen molar-refractivity contribution in [3.8, 4) is 0 Å². The maximum Gasteiger partial charge on any atom is -0.00334 e. The topological polar surface area (TPSA) is 0 Å². The molecular weight excluding hydrogens is 224 g/mol. The summed E-state index contributed by atoms with van der Waals surface area (Å²) in [5.74, 6) is 8.87. The second-order valence-electron chi connectivity index (χ2n) is 5.94. The van der Waals surface area contributed by atoms with Crippen LogP contribution < -0.4 is 0 Å². The molecule has 6 bridgehead atoms. The first kappa shape index (κ1) is 6.66. The van der Waals surface area contributed by atoms with E-state index in [-0.39, 0.29) is 0 Å². The molecule has 68 valence electrons. The lowest BCUT2D eigenvalue weighted by Gasteiger charge is -2.50. The summed E-state index contributed by atoms with van der Waals surface area (Å²) in [6, 6.07) is 0. The quantitative estimate of drug-likeness (QED) is 0.607. The van der Waals surface area contributed by atoms with Crippen LogP contribution in [0, 0.1) is 47.3 Å². The number of rotatable bonds is 0. The first-order valence-corrected chi connectivity index (χ1v) is 6.53. The average molecular weight is 237 g/mol. The number of hydrogen-bond acceptors (Lipinski definition) is 0. The van der Waals surface area contributed by atoms with Crippen molar-refractivity contribution in [2.24, 2.45) is 47.3 Å². The SMILES string of the molecule is BrC1=CC2C3CC4C5CC(C1C35)C24. The van der Waals surface area contributed by atoms with Gasteiger partial charge in [-0.1, -0.05) is 22.0 Å². The zero-order valence-electron chi connectivity index (χ0n) is 7.49. The highest BCUT2D eigenvalue weighted by molar-refractivity contribution is 9.11. The lowest BCUT2D eigenvalue weighted by atomic mass is 9.56. The van der Waals surface area contributed by atoms with Crippen LogP contribution in [0.3, 0.4) is 0 Å². The van der Waals surface area contributed by atoms with Gasteiger partial charge in [0.05, 0.1) is 0 Å². The molecular formula is C12H13Br. The fourth-order valence-corrected chi connectivity index (χ4v) is 7.15. The minimum atomic E-state index is 0.990. The molecule has 6 aliphatic carbocycles. The summed E-state index contributed by atoms with van der Waals surface area (Å²) in [5.41, 5.74) is 0. The van der Waals surface area contributed by atoms with Crippen LogP contribution in [0.4, 0.5) is 0 Å². The van der Waals surface area contributed by atoms with Gasteiger partial charge in [-0.15, -0.1) is 0 Å². The van der Waals surface area contributed by atoms with Gasteiger partial charge < -0.3 is 0 Å². The highest BCUT2D eigenvalue weighted by Gasteiger charge is 2.73. The molecule has 0 spiro atoms. The molecule has 0 aromatic rings. The Bertz CT molecular complexity index is 345. The van der Waals surface area contributed by atoms with Gasteiger partial charge >= 0.3 is 0 Å². The van der Waals surface area contributed by atoms with Gasteiger partial charge in [0.25, 0.3) is 0 Å². The Labute approximate surface area is 86.9 Å². The Hall–Kier alpha value is 0.220. The first-order chi connectivity index (χ1) is 6.36. The minimum Gasteiger partial charge on any atom is -0.0704 e. The molecule has 0 radical (unpaired) electrons. The van der Waals surface area contributed by atoms with Gasteiger partial charge in [0.1, 0.15) is 0 Å². The van der Waals surface area contributed by atoms with Crippen LogP contribution in [0.5, 0.6) is 0 Å². The molecule has 0 aromatic carbocycles. The van der Waals surface area contributed by atoms with Crippen LogP contribution in [0.25, 0.3) is 0 Å². The van der Waals surface area contributed by atoms with Crippen LogP contribution in [-0.4, -0.2) is 0 Å². The van der Waals surface area contributed by atoms with Gasteiger partial charge in [0.15, 0.2) is 0 Å². The van der Waals surface area contributed by atoms with Gasteiger partial charge in [-0.05, 0) is 64.7 Å². The molecule has 1 heteroatoms. The molecule has 8 atom stereocenters. The van der Waals surface area contributed by atoms with E-state index in [0.717, 1.165) is 35.5 Å². The largest absolute Gasteiger partial charge is 0.0704 e. The molecule has 0 amide bonds. The monoisotopic (exact) mass is 236 g/mol. The van der Waals surface area contributed by atoms with Crippen molar-refractivity contribution in [2.45, 2.75) is 12.8 Å². The third-order valence-corrected chi connectivity index (χ3v) is 6.89.